The molecule has 0 spiro atoms. The van der Waals surface area contributed by atoms with Gasteiger partial charge in [-0.25, -0.2) is 0 Å². The number of hydrogen-bond acceptors (Lipinski definition) is 2. The largest absolute Gasteiger partial charge is 0.326 e. The van der Waals surface area contributed by atoms with E-state index in [0.29, 0.717) is 12.5 Å². The number of benzene rings is 1. The van der Waals surface area contributed by atoms with Gasteiger partial charge >= 0.3 is 0 Å². The van der Waals surface area contributed by atoms with Crippen molar-refractivity contribution in [3.05, 3.63) is 35.4 Å². The second kappa shape index (κ2) is 5.65. The summed E-state index contributed by atoms with van der Waals surface area (Å²) in [6.45, 7) is 5.50. The molecule has 0 amide bonds. The Labute approximate surface area is 105 Å². The maximum Gasteiger partial charge on any atom is 0.0178 e. The van der Waals surface area contributed by atoms with Gasteiger partial charge in [-0.2, -0.15) is 0 Å². The molecule has 0 aromatic heterocycles. The molecule has 1 aliphatic rings. The van der Waals surface area contributed by atoms with Crippen molar-refractivity contribution in [1.82, 2.24) is 4.90 Å². The zero-order chi connectivity index (χ0) is 12.3. The van der Waals surface area contributed by atoms with Crippen LogP contribution in [0.1, 0.15) is 36.8 Å². The summed E-state index contributed by atoms with van der Waals surface area (Å²) >= 11 is 0. The van der Waals surface area contributed by atoms with Crippen molar-refractivity contribution in [2.75, 3.05) is 20.1 Å². The molecule has 2 nitrogen and oxygen atoms in total. The standard InChI is InChI=1S/C15H24N2/c1-12(15-7-9-17(2)10-8-15)14-5-3-13(11-16)4-6-14/h3-6,12,15H,7-11,16H2,1-2H3. The normalized spacial score (nSPS) is 20.4. The van der Waals surface area contributed by atoms with E-state index < -0.39 is 0 Å². The lowest BCUT2D eigenvalue weighted by molar-refractivity contribution is 0.202. The maximum absolute atomic E-state index is 5.63. The Morgan fingerprint density at radius 1 is 1.24 bits per heavy atom. The molecule has 1 fully saturated rings. The predicted molar refractivity (Wildman–Crippen MR) is 73.0 cm³/mol. The monoisotopic (exact) mass is 232 g/mol. The van der Waals surface area contributed by atoms with Crippen molar-refractivity contribution in [2.24, 2.45) is 11.7 Å². The van der Waals surface area contributed by atoms with E-state index in [1.807, 2.05) is 0 Å². The lowest BCUT2D eigenvalue weighted by Crippen LogP contribution is -2.32. The summed E-state index contributed by atoms with van der Waals surface area (Å²) in [5.74, 6) is 1.52. The van der Waals surface area contributed by atoms with E-state index in [0.717, 1.165) is 5.92 Å². The van der Waals surface area contributed by atoms with Gasteiger partial charge in [0.1, 0.15) is 0 Å². The maximum atomic E-state index is 5.63. The number of hydrogen-bond donors (Lipinski definition) is 1. The third-order valence-electron chi connectivity index (χ3n) is 4.21. The van der Waals surface area contributed by atoms with Crippen LogP contribution in [0.4, 0.5) is 0 Å². The first kappa shape index (κ1) is 12.6. The van der Waals surface area contributed by atoms with Crippen molar-refractivity contribution < 1.29 is 0 Å². The molecule has 0 bridgehead atoms. The van der Waals surface area contributed by atoms with Crippen LogP contribution in [-0.4, -0.2) is 25.0 Å². The van der Waals surface area contributed by atoms with Crippen LogP contribution in [0.5, 0.6) is 0 Å². The lowest BCUT2D eigenvalue weighted by atomic mass is 9.81. The van der Waals surface area contributed by atoms with Crippen LogP contribution in [0, 0.1) is 5.92 Å². The fraction of sp³-hybridized carbons (Fsp3) is 0.600. The van der Waals surface area contributed by atoms with Gasteiger partial charge in [-0.1, -0.05) is 31.2 Å². The van der Waals surface area contributed by atoms with Crippen molar-refractivity contribution in [2.45, 2.75) is 32.2 Å². The van der Waals surface area contributed by atoms with E-state index in [1.165, 1.54) is 37.1 Å². The van der Waals surface area contributed by atoms with Gasteiger partial charge in [0.25, 0.3) is 0 Å². The first-order valence-electron chi connectivity index (χ1n) is 6.68. The second-order valence-corrected chi connectivity index (χ2v) is 5.38. The fourth-order valence-electron chi connectivity index (χ4n) is 2.76. The van der Waals surface area contributed by atoms with Crippen LogP contribution in [-0.2, 0) is 6.54 Å². The molecule has 17 heavy (non-hydrogen) atoms. The predicted octanol–water partition coefficient (Wildman–Crippen LogP) is 2.59. The Bertz CT molecular complexity index is 336. The molecular weight excluding hydrogens is 208 g/mol. The van der Waals surface area contributed by atoms with Gasteiger partial charge in [0.15, 0.2) is 0 Å². The Morgan fingerprint density at radius 2 is 1.82 bits per heavy atom. The molecule has 1 aliphatic heterocycles. The fourth-order valence-corrected chi connectivity index (χ4v) is 2.76. The Morgan fingerprint density at radius 3 is 2.35 bits per heavy atom. The van der Waals surface area contributed by atoms with Crippen molar-refractivity contribution in [3.8, 4) is 0 Å². The summed E-state index contributed by atoms with van der Waals surface area (Å²) in [5, 5.41) is 0. The number of likely N-dealkylation sites (tertiary alicyclic amines) is 1. The topological polar surface area (TPSA) is 29.3 Å². The molecular formula is C15H24N2. The minimum absolute atomic E-state index is 0.642. The van der Waals surface area contributed by atoms with Crippen LogP contribution in [0.2, 0.25) is 0 Å². The summed E-state index contributed by atoms with van der Waals surface area (Å²) < 4.78 is 0. The van der Waals surface area contributed by atoms with Gasteiger partial charge < -0.3 is 10.6 Å². The van der Waals surface area contributed by atoms with Gasteiger partial charge in [0.2, 0.25) is 0 Å². The van der Waals surface area contributed by atoms with Crippen LogP contribution < -0.4 is 5.73 Å². The molecule has 0 radical (unpaired) electrons. The average Bonchev–Trinajstić information content (AvgIpc) is 2.39. The summed E-state index contributed by atoms with van der Waals surface area (Å²) in [5.41, 5.74) is 8.32. The third-order valence-corrected chi connectivity index (χ3v) is 4.21. The summed E-state index contributed by atoms with van der Waals surface area (Å²) in [4.78, 5) is 2.43. The molecule has 0 aliphatic carbocycles. The van der Waals surface area contributed by atoms with Crippen LogP contribution in [0.15, 0.2) is 24.3 Å². The van der Waals surface area contributed by atoms with Gasteiger partial charge in [0.05, 0.1) is 0 Å². The summed E-state index contributed by atoms with van der Waals surface area (Å²) in [6.07, 6.45) is 2.66. The van der Waals surface area contributed by atoms with Crippen LogP contribution in [0.25, 0.3) is 0 Å². The Kier molecular flexibility index (Phi) is 4.19. The minimum Gasteiger partial charge on any atom is -0.326 e. The summed E-state index contributed by atoms with van der Waals surface area (Å²) in [6, 6.07) is 8.85. The molecule has 2 rings (SSSR count). The first-order valence-corrected chi connectivity index (χ1v) is 6.68. The summed E-state index contributed by atoms with van der Waals surface area (Å²) in [7, 11) is 2.22. The van der Waals surface area contributed by atoms with E-state index >= 15 is 0 Å². The van der Waals surface area contributed by atoms with E-state index in [4.69, 9.17) is 5.73 Å². The zero-order valence-electron chi connectivity index (χ0n) is 11.0. The first-order chi connectivity index (χ1) is 8.20. The molecule has 2 N–H and O–H groups in total. The molecule has 1 unspecified atom stereocenters. The van der Waals surface area contributed by atoms with Gasteiger partial charge in [-0.3, -0.25) is 0 Å². The lowest BCUT2D eigenvalue weighted by Gasteiger charge is -2.33. The van der Waals surface area contributed by atoms with Gasteiger partial charge in [-0.05, 0) is 55.9 Å². The highest BCUT2D eigenvalue weighted by Gasteiger charge is 2.23. The SMILES string of the molecule is CC(c1ccc(CN)cc1)C1CCN(C)CC1. The quantitative estimate of drug-likeness (QED) is 0.868. The molecule has 0 saturated carbocycles. The average molecular weight is 232 g/mol. The van der Waals surface area contributed by atoms with Crippen LogP contribution >= 0.6 is 0 Å². The highest BCUT2D eigenvalue weighted by molar-refractivity contribution is 5.25. The number of piperidine rings is 1. The Balaban J connectivity index is 2.00. The number of rotatable bonds is 3. The van der Waals surface area contributed by atoms with E-state index in [9.17, 15) is 0 Å². The van der Waals surface area contributed by atoms with Crippen LogP contribution in [0.3, 0.4) is 0 Å². The van der Waals surface area contributed by atoms with Gasteiger partial charge in [0, 0.05) is 6.54 Å². The highest BCUT2D eigenvalue weighted by atomic mass is 15.1. The third kappa shape index (κ3) is 3.08. The highest BCUT2D eigenvalue weighted by Crippen LogP contribution is 2.31. The van der Waals surface area contributed by atoms with E-state index in [-0.39, 0.29) is 0 Å². The molecule has 1 aromatic carbocycles. The zero-order valence-corrected chi connectivity index (χ0v) is 11.0. The van der Waals surface area contributed by atoms with Crippen molar-refractivity contribution in [3.63, 3.8) is 0 Å². The number of nitrogens with two attached hydrogens (primary N) is 1. The minimum atomic E-state index is 0.642. The molecule has 1 heterocycles. The van der Waals surface area contributed by atoms with E-state index in [1.54, 1.807) is 0 Å². The molecule has 1 atom stereocenters. The van der Waals surface area contributed by atoms with Crippen molar-refractivity contribution >= 4 is 0 Å². The van der Waals surface area contributed by atoms with Crippen molar-refractivity contribution in [1.29, 1.82) is 0 Å². The molecule has 1 aromatic rings. The second-order valence-electron chi connectivity index (χ2n) is 5.38. The van der Waals surface area contributed by atoms with E-state index in [2.05, 4.69) is 43.1 Å². The Hall–Kier alpha value is -0.860. The molecule has 2 heteroatoms. The number of nitrogens with zero attached hydrogens (tertiary/aromatic N) is 1. The molecule has 94 valence electrons. The molecule has 1 saturated heterocycles. The van der Waals surface area contributed by atoms with Gasteiger partial charge in [-0.15, -0.1) is 0 Å². The smallest absolute Gasteiger partial charge is 0.0178 e.